The Labute approximate surface area is 218 Å². The van der Waals surface area contributed by atoms with Crippen LogP contribution in [0.5, 0.6) is 5.75 Å². The van der Waals surface area contributed by atoms with Crippen molar-refractivity contribution in [1.29, 1.82) is 0 Å². The van der Waals surface area contributed by atoms with E-state index in [9.17, 15) is 9.18 Å². The van der Waals surface area contributed by atoms with Crippen molar-refractivity contribution in [3.63, 3.8) is 0 Å². The van der Waals surface area contributed by atoms with Gasteiger partial charge in [-0.05, 0) is 37.1 Å². The number of anilines is 2. The first kappa shape index (κ1) is 24.9. The molecule has 0 spiro atoms. The maximum Gasteiger partial charge on any atom is 0.275 e. The molecular formula is C27H29FN6O2S. The lowest BCUT2D eigenvalue weighted by Crippen LogP contribution is -2.43. The number of nitrogens with two attached hydrogens (primary N) is 1. The third kappa shape index (κ3) is 6.15. The quantitative estimate of drug-likeness (QED) is 0.308. The predicted molar refractivity (Wildman–Crippen MR) is 144 cm³/mol. The van der Waals surface area contributed by atoms with Gasteiger partial charge >= 0.3 is 0 Å². The van der Waals surface area contributed by atoms with Crippen LogP contribution >= 0.6 is 11.3 Å². The number of halogens is 1. The second-order valence-electron chi connectivity index (χ2n) is 8.98. The Bertz CT molecular complexity index is 1340. The second-order valence-corrected chi connectivity index (χ2v) is 9.84. The molecule has 1 aliphatic rings. The highest BCUT2D eigenvalue weighted by Gasteiger charge is 2.23. The number of amides is 1. The number of ether oxygens (including phenoxy) is 1. The van der Waals surface area contributed by atoms with Crippen LogP contribution in [0.15, 0.2) is 66.3 Å². The Morgan fingerprint density at radius 1 is 1.22 bits per heavy atom. The van der Waals surface area contributed by atoms with E-state index in [2.05, 4.69) is 15.4 Å². The summed E-state index contributed by atoms with van der Waals surface area (Å²) in [6.07, 6.45) is 6.24. The molecule has 2 aromatic carbocycles. The van der Waals surface area contributed by atoms with Gasteiger partial charge in [-0.3, -0.25) is 9.48 Å². The van der Waals surface area contributed by atoms with Gasteiger partial charge in [0, 0.05) is 49.2 Å². The molecule has 0 aliphatic carbocycles. The van der Waals surface area contributed by atoms with Crippen LogP contribution in [0.25, 0.3) is 10.6 Å². The fraction of sp³-hybridized carbons (Fsp3) is 0.296. The lowest BCUT2D eigenvalue weighted by Gasteiger charge is -2.34. The van der Waals surface area contributed by atoms with E-state index in [0.29, 0.717) is 42.6 Å². The summed E-state index contributed by atoms with van der Waals surface area (Å²) in [5.41, 5.74) is 8.00. The Balaban J connectivity index is 1.20. The van der Waals surface area contributed by atoms with Crippen molar-refractivity contribution in [3.8, 4) is 16.3 Å². The van der Waals surface area contributed by atoms with Crippen LogP contribution < -0.4 is 20.7 Å². The molecule has 1 saturated heterocycles. The zero-order chi connectivity index (χ0) is 25.6. The van der Waals surface area contributed by atoms with Gasteiger partial charge in [-0.25, -0.2) is 9.37 Å². The van der Waals surface area contributed by atoms with Crippen molar-refractivity contribution in [2.45, 2.75) is 31.8 Å². The van der Waals surface area contributed by atoms with E-state index in [1.807, 2.05) is 46.1 Å². The lowest BCUT2D eigenvalue weighted by molar-refractivity contribution is 0.102. The lowest BCUT2D eigenvalue weighted by atomic mass is 10.1. The normalized spacial score (nSPS) is 15.5. The number of carbonyl (C=O) groups is 1. The van der Waals surface area contributed by atoms with E-state index < -0.39 is 0 Å². The summed E-state index contributed by atoms with van der Waals surface area (Å²) in [6, 6.07) is 14.4. The molecule has 1 fully saturated rings. The Morgan fingerprint density at radius 3 is 2.92 bits per heavy atom. The number of piperidine rings is 1. The van der Waals surface area contributed by atoms with E-state index >= 15 is 0 Å². The highest BCUT2D eigenvalue weighted by Crippen LogP contribution is 2.32. The molecule has 5 rings (SSSR count). The van der Waals surface area contributed by atoms with Gasteiger partial charge in [-0.2, -0.15) is 5.10 Å². The fourth-order valence-corrected chi connectivity index (χ4v) is 5.15. The molecule has 3 N–H and O–H groups in total. The molecule has 0 saturated carbocycles. The van der Waals surface area contributed by atoms with Crippen molar-refractivity contribution >= 4 is 28.6 Å². The summed E-state index contributed by atoms with van der Waals surface area (Å²) in [6.45, 7) is 2.54. The van der Waals surface area contributed by atoms with Crippen molar-refractivity contribution in [1.82, 2.24) is 14.8 Å². The maximum atomic E-state index is 14.8. The molecule has 37 heavy (non-hydrogen) atoms. The number of nitrogens with zero attached hydrogens (tertiary/aromatic N) is 4. The minimum atomic E-state index is -0.388. The van der Waals surface area contributed by atoms with Gasteiger partial charge in [0.25, 0.3) is 5.91 Å². The van der Waals surface area contributed by atoms with E-state index in [4.69, 9.17) is 10.5 Å². The zero-order valence-electron chi connectivity index (χ0n) is 20.3. The Hall–Kier alpha value is -3.76. The van der Waals surface area contributed by atoms with E-state index in [-0.39, 0.29) is 23.5 Å². The number of para-hydroxylation sites is 2. The fourth-order valence-electron chi connectivity index (χ4n) is 4.38. The summed E-state index contributed by atoms with van der Waals surface area (Å²) in [7, 11) is 0. The maximum absolute atomic E-state index is 14.8. The van der Waals surface area contributed by atoms with Crippen molar-refractivity contribution in [2.75, 3.05) is 29.9 Å². The van der Waals surface area contributed by atoms with Crippen LogP contribution in [0.1, 0.15) is 29.8 Å². The smallest absolute Gasteiger partial charge is 0.275 e. The molecule has 0 unspecified atom stereocenters. The van der Waals surface area contributed by atoms with Crippen LogP contribution in [-0.2, 0) is 6.54 Å². The third-order valence-corrected chi connectivity index (χ3v) is 7.06. The van der Waals surface area contributed by atoms with E-state index in [1.54, 1.807) is 23.7 Å². The third-order valence-electron chi connectivity index (χ3n) is 6.17. The summed E-state index contributed by atoms with van der Waals surface area (Å²) in [5, 5.41) is 9.65. The molecule has 1 atom stereocenters. The summed E-state index contributed by atoms with van der Waals surface area (Å²) < 4.78 is 22.3. The topological polar surface area (TPSA) is 98.3 Å². The van der Waals surface area contributed by atoms with Gasteiger partial charge in [-0.1, -0.05) is 24.3 Å². The van der Waals surface area contributed by atoms with Crippen molar-refractivity contribution in [2.24, 2.45) is 5.73 Å². The monoisotopic (exact) mass is 520 g/mol. The Morgan fingerprint density at radius 2 is 2.08 bits per heavy atom. The predicted octanol–water partition coefficient (Wildman–Crippen LogP) is 4.79. The SMILES string of the molecule is N[C@@H]1CCCN(c2c(F)cccc2NC(=O)c2csc(-c3cnn(CCCOc4ccccc4)c3)n2)C1. The van der Waals surface area contributed by atoms with Gasteiger partial charge in [-0.15, -0.1) is 11.3 Å². The van der Waals surface area contributed by atoms with Gasteiger partial charge in [0.15, 0.2) is 0 Å². The number of aryl methyl sites for hydroxylation is 1. The highest BCUT2D eigenvalue weighted by molar-refractivity contribution is 7.13. The molecule has 192 valence electrons. The van der Waals surface area contributed by atoms with Crippen LogP contribution in [0.4, 0.5) is 15.8 Å². The second kappa shape index (κ2) is 11.5. The van der Waals surface area contributed by atoms with Crippen molar-refractivity contribution in [3.05, 3.63) is 77.8 Å². The number of hydrogen-bond donors (Lipinski definition) is 2. The first-order valence-corrected chi connectivity index (χ1v) is 13.2. The molecule has 1 amide bonds. The number of nitrogens with one attached hydrogen (secondary N) is 1. The van der Waals surface area contributed by atoms with Crippen LogP contribution in [0.3, 0.4) is 0 Å². The highest BCUT2D eigenvalue weighted by atomic mass is 32.1. The summed E-state index contributed by atoms with van der Waals surface area (Å²) in [5.74, 6) is 0.0793. The van der Waals surface area contributed by atoms with E-state index in [0.717, 1.165) is 30.6 Å². The summed E-state index contributed by atoms with van der Waals surface area (Å²) in [4.78, 5) is 19.4. The molecule has 0 radical (unpaired) electrons. The molecule has 0 bridgehead atoms. The Kier molecular flexibility index (Phi) is 7.76. The van der Waals surface area contributed by atoms with Gasteiger partial charge in [0.1, 0.15) is 22.3 Å². The first-order chi connectivity index (χ1) is 18.1. The number of rotatable bonds is 9. The van der Waals surface area contributed by atoms with Crippen LogP contribution in [0.2, 0.25) is 0 Å². The molecule has 10 heteroatoms. The average Bonchev–Trinajstić information content (AvgIpc) is 3.58. The average molecular weight is 521 g/mol. The molecule has 4 aromatic rings. The van der Waals surface area contributed by atoms with Gasteiger partial charge in [0.2, 0.25) is 0 Å². The molecule has 1 aliphatic heterocycles. The number of aromatic nitrogens is 3. The minimum absolute atomic E-state index is 0.0182. The standard InChI is InChI=1S/C27H29FN6O2S/c28-22-10-4-11-23(25(22)33-12-5-7-20(29)17-33)31-26(35)24-18-37-27(32-24)19-15-30-34(16-19)13-6-14-36-21-8-2-1-3-9-21/h1-4,8-11,15-16,18,20H,5-7,12-14,17,29H2,(H,31,35)/t20-/m1/s1. The molecule has 2 aromatic heterocycles. The van der Waals surface area contributed by atoms with Gasteiger partial charge < -0.3 is 20.7 Å². The molecule has 8 nitrogen and oxygen atoms in total. The first-order valence-electron chi connectivity index (χ1n) is 12.3. The van der Waals surface area contributed by atoms with Crippen LogP contribution in [0, 0.1) is 5.82 Å². The summed E-state index contributed by atoms with van der Waals surface area (Å²) >= 11 is 1.37. The molecule has 3 heterocycles. The molecular weight excluding hydrogens is 491 g/mol. The van der Waals surface area contributed by atoms with Crippen molar-refractivity contribution < 1.29 is 13.9 Å². The number of hydrogen-bond acceptors (Lipinski definition) is 7. The van der Waals surface area contributed by atoms with Gasteiger partial charge in [0.05, 0.1) is 24.2 Å². The number of carbonyl (C=O) groups excluding carboxylic acids is 1. The number of thiazole rings is 1. The van der Waals surface area contributed by atoms with E-state index in [1.165, 1.54) is 17.4 Å². The largest absolute Gasteiger partial charge is 0.494 e. The minimum Gasteiger partial charge on any atom is -0.494 e. The van der Waals surface area contributed by atoms with Crippen LogP contribution in [-0.4, -0.2) is 46.4 Å². The zero-order valence-corrected chi connectivity index (χ0v) is 21.2. The number of benzene rings is 2.